The van der Waals surface area contributed by atoms with Crippen LogP contribution in [0.1, 0.15) is 12.7 Å². The Balaban J connectivity index is 1.76. The number of carbonyl (C=O) groups excluding carboxylic acids is 2. The number of nitrogens with zero attached hydrogens (tertiary/aromatic N) is 4. The number of nitrogens with one attached hydrogen (secondary N) is 1. The Labute approximate surface area is 155 Å². The van der Waals surface area contributed by atoms with E-state index in [-0.39, 0.29) is 27.5 Å². The Morgan fingerprint density at radius 3 is 2.81 bits per heavy atom. The van der Waals surface area contributed by atoms with E-state index < -0.39 is 29.2 Å². The van der Waals surface area contributed by atoms with Crippen molar-refractivity contribution in [3.8, 4) is 0 Å². The molecule has 2 unspecified atom stereocenters. The van der Waals surface area contributed by atoms with Crippen LogP contribution in [0.3, 0.4) is 0 Å². The zero-order valence-electron chi connectivity index (χ0n) is 13.6. The monoisotopic (exact) mass is 398 g/mol. The molecule has 3 rings (SSSR count). The molecule has 1 aromatic rings. The number of amides is 2. The third-order valence-electron chi connectivity index (χ3n) is 3.72. The Kier molecular flexibility index (Phi) is 4.82. The summed E-state index contributed by atoms with van der Waals surface area (Å²) in [7, 11) is 1.26. The molecule has 0 spiro atoms. The second kappa shape index (κ2) is 6.92. The maximum Gasteiger partial charge on any atom is 0.334 e. The van der Waals surface area contributed by atoms with Gasteiger partial charge in [-0.05, 0) is 6.92 Å². The number of hydrogen-bond donors (Lipinski definition) is 3. The highest BCUT2D eigenvalue weighted by Crippen LogP contribution is 2.40. The molecule has 1 fully saturated rings. The smallest absolute Gasteiger partial charge is 0.334 e. The fraction of sp³-hybridized carbons (Fsp3) is 0.385. The van der Waals surface area contributed by atoms with Gasteiger partial charge in [0, 0.05) is 23.0 Å². The minimum Gasteiger partial charge on any atom is -0.478 e. The molecule has 26 heavy (non-hydrogen) atoms. The van der Waals surface area contributed by atoms with Crippen LogP contribution in [0.2, 0.25) is 0 Å². The van der Waals surface area contributed by atoms with Crippen molar-refractivity contribution in [2.45, 2.75) is 23.6 Å². The predicted molar refractivity (Wildman–Crippen MR) is 93.2 cm³/mol. The second-order valence-corrected chi connectivity index (χ2v) is 7.58. The number of hydrogen-bond acceptors (Lipinski definition) is 10. The molecule has 4 N–H and O–H groups in total. The summed E-state index contributed by atoms with van der Waals surface area (Å²) in [5, 5.41) is 14.8. The largest absolute Gasteiger partial charge is 0.478 e. The first-order valence-corrected chi connectivity index (χ1v) is 8.99. The lowest BCUT2D eigenvalue weighted by Crippen LogP contribution is -2.69. The molecular weight excluding hydrogens is 384 g/mol. The van der Waals surface area contributed by atoms with Gasteiger partial charge in [-0.3, -0.25) is 9.59 Å². The van der Waals surface area contributed by atoms with E-state index in [0.717, 1.165) is 11.5 Å². The van der Waals surface area contributed by atoms with Crippen LogP contribution in [0, 0.1) is 0 Å². The Morgan fingerprint density at radius 1 is 1.50 bits per heavy atom. The molecule has 1 aromatic heterocycles. The normalized spacial score (nSPS) is 25.1. The minimum atomic E-state index is -1.08. The van der Waals surface area contributed by atoms with Crippen LogP contribution in [0.5, 0.6) is 0 Å². The summed E-state index contributed by atoms with van der Waals surface area (Å²) >= 11 is 2.17. The molecule has 3 atom stereocenters. The highest BCUT2D eigenvalue weighted by atomic mass is 32.2. The van der Waals surface area contributed by atoms with E-state index in [0.29, 0.717) is 0 Å². The van der Waals surface area contributed by atoms with Gasteiger partial charge in [-0.2, -0.15) is 9.36 Å². The number of aliphatic carboxylic acids is 1. The zero-order chi connectivity index (χ0) is 19.0. The minimum absolute atomic E-state index is 0.00629. The molecule has 1 saturated heterocycles. The summed E-state index contributed by atoms with van der Waals surface area (Å²) in [4.78, 5) is 45.8. The van der Waals surface area contributed by atoms with Gasteiger partial charge in [0.15, 0.2) is 5.13 Å². The Bertz CT molecular complexity index is 837. The molecule has 2 aliphatic rings. The second-order valence-electron chi connectivity index (χ2n) is 5.33. The fourth-order valence-electron chi connectivity index (χ4n) is 2.48. The Hall–Kier alpha value is -2.67. The average molecular weight is 398 g/mol. The van der Waals surface area contributed by atoms with Gasteiger partial charge < -0.3 is 25.9 Å². The van der Waals surface area contributed by atoms with Gasteiger partial charge in [-0.1, -0.05) is 5.16 Å². The van der Waals surface area contributed by atoms with Gasteiger partial charge in [-0.15, -0.1) is 11.8 Å². The number of carboxylic acids is 1. The zero-order valence-corrected chi connectivity index (χ0v) is 15.2. The molecule has 13 heteroatoms. The third kappa shape index (κ3) is 3.10. The molecule has 0 bridgehead atoms. The number of β-lactam (4-membered cyclic amide) rings is 1. The fourth-order valence-corrected chi connectivity index (χ4v) is 4.28. The maximum absolute atomic E-state index is 12.5. The van der Waals surface area contributed by atoms with Crippen LogP contribution in [0.25, 0.3) is 0 Å². The van der Waals surface area contributed by atoms with Gasteiger partial charge in [0.1, 0.15) is 18.5 Å². The van der Waals surface area contributed by atoms with E-state index in [9.17, 15) is 14.4 Å². The number of nitrogen functional groups attached to an aromatic ring is 1. The van der Waals surface area contributed by atoms with Crippen LogP contribution >= 0.6 is 23.3 Å². The average Bonchev–Trinajstić information content (AvgIpc) is 3.02. The number of anilines is 1. The predicted octanol–water partition coefficient (Wildman–Crippen LogP) is -0.772. The summed E-state index contributed by atoms with van der Waals surface area (Å²) in [6, 6.07) is -0.820. The molecule has 0 aromatic carbocycles. The molecule has 0 saturated carbocycles. The van der Waals surface area contributed by atoms with Crippen molar-refractivity contribution < 1.29 is 24.3 Å². The van der Waals surface area contributed by atoms with E-state index in [2.05, 4.69) is 24.7 Å². The standard InChI is InChI=1S/C13H14N6O5S2/c1-4-5(12(22)23)3-19-10(21)7(11(19)25-4)15-9(20)6(17-24-2)8-16-13(14)26-18-8/h3-4,7,11H,1-2H3,(H,15,20)(H,22,23)(H2,14,16,18)/t4?,7?,11-/m1/s1. The summed E-state index contributed by atoms with van der Waals surface area (Å²) in [6.07, 6.45) is 1.31. The first-order chi connectivity index (χ1) is 12.3. The van der Waals surface area contributed by atoms with Crippen molar-refractivity contribution in [3.05, 3.63) is 17.6 Å². The van der Waals surface area contributed by atoms with Gasteiger partial charge in [0.2, 0.25) is 11.5 Å². The SMILES string of the molecule is CON=C(C(=O)NC1C(=O)N2C=C(C(=O)O)C(C)S[C@H]12)c1nsc(N)n1. The molecule has 138 valence electrons. The number of carbonyl (C=O) groups is 3. The lowest BCUT2D eigenvalue weighted by atomic mass is 10.1. The number of rotatable bonds is 5. The Morgan fingerprint density at radius 2 is 2.23 bits per heavy atom. The van der Waals surface area contributed by atoms with Crippen LogP contribution in [-0.2, 0) is 19.2 Å². The first kappa shape index (κ1) is 18.1. The van der Waals surface area contributed by atoms with Crippen LogP contribution in [0.4, 0.5) is 5.13 Å². The van der Waals surface area contributed by atoms with Crippen LogP contribution in [0.15, 0.2) is 16.9 Å². The highest BCUT2D eigenvalue weighted by Gasteiger charge is 2.52. The van der Waals surface area contributed by atoms with Crippen molar-refractivity contribution in [2.75, 3.05) is 12.8 Å². The van der Waals surface area contributed by atoms with Crippen molar-refractivity contribution in [1.82, 2.24) is 19.6 Å². The molecule has 11 nitrogen and oxygen atoms in total. The van der Waals surface area contributed by atoms with Crippen molar-refractivity contribution >= 4 is 51.9 Å². The number of carboxylic acid groups (broad SMARTS) is 1. The maximum atomic E-state index is 12.5. The summed E-state index contributed by atoms with van der Waals surface area (Å²) in [5.74, 6) is -2.19. The quantitative estimate of drug-likeness (QED) is 0.328. The van der Waals surface area contributed by atoms with E-state index in [1.807, 2.05) is 0 Å². The first-order valence-electron chi connectivity index (χ1n) is 7.27. The molecular formula is C13H14N6O5S2. The number of nitrogens with two attached hydrogens (primary N) is 1. The third-order valence-corrected chi connectivity index (χ3v) is 5.71. The van der Waals surface area contributed by atoms with Crippen LogP contribution in [-0.4, -0.2) is 66.6 Å². The number of oxime groups is 1. The summed E-state index contributed by atoms with van der Waals surface area (Å²) < 4.78 is 3.91. The van der Waals surface area contributed by atoms with E-state index in [1.54, 1.807) is 6.92 Å². The van der Waals surface area contributed by atoms with Crippen molar-refractivity contribution in [1.29, 1.82) is 0 Å². The van der Waals surface area contributed by atoms with E-state index >= 15 is 0 Å². The van der Waals surface area contributed by atoms with E-state index in [4.69, 9.17) is 10.8 Å². The lowest BCUT2D eigenvalue weighted by molar-refractivity contribution is -0.144. The molecule has 2 amide bonds. The van der Waals surface area contributed by atoms with Gasteiger partial charge >= 0.3 is 5.97 Å². The van der Waals surface area contributed by atoms with Gasteiger partial charge in [0.25, 0.3) is 11.8 Å². The summed E-state index contributed by atoms with van der Waals surface area (Å²) in [5.41, 5.74) is 5.44. The highest BCUT2D eigenvalue weighted by molar-refractivity contribution is 8.00. The van der Waals surface area contributed by atoms with Crippen molar-refractivity contribution in [2.24, 2.45) is 5.16 Å². The van der Waals surface area contributed by atoms with Crippen molar-refractivity contribution in [3.63, 3.8) is 0 Å². The van der Waals surface area contributed by atoms with Crippen LogP contribution < -0.4 is 11.1 Å². The van der Waals surface area contributed by atoms with Gasteiger partial charge in [-0.25, -0.2) is 4.79 Å². The summed E-state index contributed by atoms with van der Waals surface area (Å²) in [6.45, 7) is 1.73. The number of thioether (sulfide) groups is 1. The molecule has 0 aliphatic carbocycles. The number of aromatic nitrogens is 2. The molecule has 0 radical (unpaired) electrons. The molecule has 3 heterocycles. The number of fused-ring (bicyclic) bond motifs is 1. The van der Waals surface area contributed by atoms with E-state index in [1.165, 1.54) is 30.0 Å². The van der Waals surface area contributed by atoms with Gasteiger partial charge in [0.05, 0.1) is 5.57 Å². The topological polar surface area (TPSA) is 160 Å². The molecule has 2 aliphatic heterocycles. The lowest BCUT2D eigenvalue weighted by Gasteiger charge is -2.48.